The molecule has 5 rings (SSSR count). The molecule has 4 nitrogen and oxygen atoms in total. The lowest BCUT2D eigenvalue weighted by Crippen LogP contribution is -2.48. The molecule has 22 heavy (non-hydrogen) atoms. The monoisotopic (exact) mass is 297 g/mol. The summed E-state index contributed by atoms with van der Waals surface area (Å²) in [5.74, 6) is -0.906. The van der Waals surface area contributed by atoms with Crippen molar-refractivity contribution < 1.29 is 14.7 Å². The van der Waals surface area contributed by atoms with Gasteiger partial charge in [0, 0.05) is 5.69 Å². The Labute approximate surface area is 129 Å². The van der Waals surface area contributed by atoms with E-state index in [4.69, 9.17) is 0 Å². The van der Waals surface area contributed by atoms with E-state index in [0.717, 1.165) is 17.7 Å². The maximum Gasteiger partial charge on any atom is 0.307 e. The van der Waals surface area contributed by atoms with E-state index in [-0.39, 0.29) is 17.7 Å². The van der Waals surface area contributed by atoms with Gasteiger partial charge in [-0.15, -0.1) is 0 Å². The molecule has 0 radical (unpaired) electrons. The molecule has 0 aromatic heterocycles. The Balaban J connectivity index is 1.61. The number of fused-ring (bicyclic) bond motifs is 1. The number of carboxylic acid groups (broad SMARTS) is 1. The standard InChI is InChI=1S/C18H19NO3/c1-9-3-2-4-10(7-9)19-17(20)15-11-5-6-12(14-8-13(11)14)16(15)18(21)22/h2-7,11-16H,8H2,1H3,(H,19,20)(H,21,22)/t11-,12-,13+,14-,15+,16+/m0/s1. The summed E-state index contributed by atoms with van der Waals surface area (Å²) < 4.78 is 0. The van der Waals surface area contributed by atoms with Crippen LogP contribution >= 0.6 is 0 Å². The van der Waals surface area contributed by atoms with Crippen molar-refractivity contribution in [1.29, 1.82) is 0 Å². The van der Waals surface area contributed by atoms with Crippen molar-refractivity contribution in [2.24, 2.45) is 35.5 Å². The molecule has 1 aromatic rings. The predicted molar refractivity (Wildman–Crippen MR) is 82.1 cm³/mol. The number of nitrogens with one attached hydrogen (secondary N) is 1. The van der Waals surface area contributed by atoms with Gasteiger partial charge in [0.05, 0.1) is 11.8 Å². The topological polar surface area (TPSA) is 66.4 Å². The van der Waals surface area contributed by atoms with E-state index >= 15 is 0 Å². The number of carbonyl (C=O) groups is 2. The van der Waals surface area contributed by atoms with E-state index in [1.54, 1.807) is 0 Å². The highest BCUT2D eigenvalue weighted by molar-refractivity contribution is 5.96. The number of hydrogen-bond acceptors (Lipinski definition) is 2. The second-order valence-corrected chi connectivity index (χ2v) is 6.85. The largest absolute Gasteiger partial charge is 0.481 e. The first-order valence-corrected chi connectivity index (χ1v) is 7.85. The zero-order valence-electron chi connectivity index (χ0n) is 12.4. The van der Waals surface area contributed by atoms with Gasteiger partial charge in [0.15, 0.2) is 0 Å². The number of allylic oxidation sites excluding steroid dienone is 2. The molecule has 2 saturated carbocycles. The summed E-state index contributed by atoms with van der Waals surface area (Å²) in [6.45, 7) is 1.97. The Hall–Kier alpha value is -2.10. The minimum atomic E-state index is -0.839. The van der Waals surface area contributed by atoms with Crippen LogP contribution in [0, 0.1) is 42.4 Å². The second kappa shape index (κ2) is 4.70. The van der Waals surface area contributed by atoms with Crippen LogP contribution in [0.1, 0.15) is 12.0 Å². The maximum absolute atomic E-state index is 12.7. The van der Waals surface area contributed by atoms with Crippen molar-refractivity contribution in [3.05, 3.63) is 42.0 Å². The molecule has 4 heteroatoms. The predicted octanol–water partition coefficient (Wildman–Crippen LogP) is 2.70. The average molecular weight is 297 g/mol. The summed E-state index contributed by atoms with van der Waals surface area (Å²) in [6, 6.07) is 7.61. The molecule has 1 aromatic carbocycles. The van der Waals surface area contributed by atoms with Gasteiger partial charge in [-0.1, -0.05) is 24.3 Å². The summed E-state index contributed by atoms with van der Waals surface area (Å²) in [7, 11) is 0. The summed E-state index contributed by atoms with van der Waals surface area (Å²) in [5, 5.41) is 12.5. The van der Waals surface area contributed by atoms with Crippen LogP contribution in [-0.2, 0) is 9.59 Å². The number of carboxylic acids is 1. The fourth-order valence-electron chi connectivity index (χ4n) is 4.52. The van der Waals surface area contributed by atoms with E-state index in [9.17, 15) is 14.7 Å². The fraction of sp³-hybridized carbons (Fsp3) is 0.444. The third-order valence-electron chi connectivity index (χ3n) is 5.53. The Morgan fingerprint density at radius 2 is 1.82 bits per heavy atom. The lowest BCUT2D eigenvalue weighted by molar-refractivity contribution is -0.152. The van der Waals surface area contributed by atoms with Crippen molar-refractivity contribution >= 4 is 17.6 Å². The molecule has 6 atom stereocenters. The van der Waals surface area contributed by atoms with Gasteiger partial charge in [0.2, 0.25) is 5.91 Å². The fourth-order valence-corrected chi connectivity index (χ4v) is 4.52. The van der Waals surface area contributed by atoms with Gasteiger partial charge in [-0.3, -0.25) is 9.59 Å². The summed E-state index contributed by atoms with van der Waals surface area (Å²) >= 11 is 0. The normalized spacial score (nSPS) is 37.5. The number of carbonyl (C=O) groups excluding carboxylic acids is 1. The van der Waals surface area contributed by atoms with E-state index in [0.29, 0.717) is 11.8 Å². The molecule has 2 N–H and O–H groups in total. The van der Waals surface area contributed by atoms with Crippen molar-refractivity contribution in [2.45, 2.75) is 13.3 Å². The molecule has 1 amide bonds. The van der Waals surface area contributed by atoms with E-state index in [1.807, 2.05) is 37.3 Å². The van der Waals surface area contributed by atoms with Gasteiger partial charge in [-0.25, -0.2) is 0 Å². The number of hydrogen-bond donors (Lipinski definition) is 2. The quantitative estimate of drug-likeness (QED) is 0.843. The summed E-state index contributed by atoms with van der Waals surface area (Å²) in [4.78, 5) is 24.5. The van der Waals surface area contributed by atoms with Crippen LogP contribution in [0.3, 0.4) is 0 Å². The molecular formula is C18H19NO3. The molecule has 0 unspecified atom stereocenters. The highest BCUT2D eigenvalue weighted by atomic mass is 16.4. The van der Waals surface area contributed by atoms with Crippen molar-refractivity contribution in [1.82, 2.24) is 0 Å². The zero-order chi connectivity index (χ0) is 15.4. The van der Waals surface area contributed by atoms with Gasteiger partial charge < -0.3 is 10.4 Å². The van der Waals surface area contributed by atoms with Gasteiger partial charge in [0.25, 0.3) is 0 Å². The number of anilines is 1. The molecule has 114 valence electrons. The number of aliphatic carboxylic acids is 1. The third kappa shape index (κ3) is 1.97. The van der Waals surface area contributed by atoms with E-state index in [1.165, 1.54) is 0 Å². The van der Waals surface area contributed by atoms with E-state index in [2.05, 4.69) is 11.4 Å². The smallest absolute Gasteiger partial charge is 0.307 e. The summed E-state index contributed by atoms with van der Waals surface area (Å²) in [5.41, 5.74) is 1.81. The molecule has 2 fully saturated rings. The molecule has 0 saturated heterocycles. The molecular weight excluding hydrogens is 278 g/mol. The van der Waals surface area contributed by atoms with Gasteiger partial charge in [-0.2, -0.15) is 0 Å². The minimum absolute atomic E-state index is 0.0285. The first kappa shape index (κ1) is 13.6. The first-order valence-electron chi connectivity index (χ1n) is 7.85. The number of rotatable bonds is 3. The number of aryl methyl sites for hydroxylation is 1. The highest BCUT2D eigenvalue weighted by Crippen LogP contribution is 2.63. The molecule has 0 aliphatic heterocycles. The van der Waals surface area contributed by atoms with Crippen LogP contribution in [0.5, 0.6) is 0 Å². The molecule has 0 spiro atoms. The Bertz CT molecular complexity index is 681. The van der Waals surface area contributed by atoms with Gasteiger partial charge in [-0.05, 0) is 54.7 Å². The van der Waals surface area contributed by atoms with Crippen LogP contribution in [0.4, 0.5) is 5.69 Å². The zero-order valence-corrected chi connectivity index (χ0v) is 12.4. The van der Waals surface area contributed by atoms with Crippen LogP contribution in [-0.4, -0.2) is 17.0 Å². The first-order chi connectivity index (χ1) is 10.6. The van der Waals surface area contributed by atoms with Gasteiger partial charge >= 0.3 is 5.97 Å². The Kier molecular flexibility index (Phi) is 2.90. The number of benzene rings is 1. The molecule has 4 aliphatic carbocycles. The Morgan fingerprint density at radius 1 is 1.14 bits per heavy atom. The lowest BCUT2D eigenvalue weighted by Gasteiger charge is -2.41. The van der Waals surface area contributed by atoms with Crippen LogP contribution in [0.2, 0.25) is 0 Å². The van der Waals surface area contributed by atoms with Crippen molar-refractivity contribution in [2.75, 3.05) is 5.32 Å². The summed E-state index contributed by atoms with van der Waals surface area (Å²) in [6.07, 6.45) is 5.19. The van der Waals surface area contributed by atoms with Crippen molar-refractivity contribution in [3.63, 3.8) is 0 Å². The number of amides is 1. The van der Waals surface area contributed by atoms with E-state index < -0.39 is 17.8 Å². The molecule has 2 bridgehead atoms. The lowest BCUT2D eigenvalue weighted by atomic mass is 9.62. The molecule has 4 aliphatic rings. The highest BCUT2D eigenvalue weighted by Gasteiger charge is 2.62. The SMILES string of the molecule is Cc1cccc(NC(=O)[C@@H]2[C@H]3C=C[C@@H]([C@@H]4C[C@H]34)[C@H]2C(=O)O)c1. The van der Waals surface area contributed by atoms with Gasteiger partial charge in [0.1, 0.15) is 0 Å². The van der Waals surface area contributed by atoms with Crippen LogP contribution < -0.4 is 5.32 Å². The third-order valence-corrected chi connectivity index (χ3v) is 5.53. The second-order valence-electron chi connectivity index (χ2n) is 6.85. The Morgan fingerprint density at radius 3 is 2.45 bits per heavy atom. The maximum atomic E-state index is 12.7. The van der Waals surface area contributed by atoms with Crippen molar-refractivity contribution in [3.8, 4) is 0 Å². The minimum Gasteiger partial charge on any atom is -0.481 e. The van der Waals surface area contributed by atoms with Crippen LogP contribution in [0.25, 0.3) is 0 Å². The molecule has 0 heterocycles. The average Bonchev–Trinajstić information content (AvgIpc) is 3.28. The van der Waals surface area contributed by atoms with Crippen LogP contribution in [0.15, 0.2) is 36.4 Å².